The highest BCUT2D eigenvalue weighted by molar-refractivity contribution is 8.00. The number of methoxy groups -OCH3 is 2. The van der Waals surface area contributed by atoms with Crippen molar-refractivity contribution in [2.75, 3.05) is 32.6 Å². The molecule has 1 unspecified atom stereocenters. The summed E-state index contributed by atoms with van der Waals surface area (Å²) in [6.45, 7) is 6.05. The number of oxazole rings is 1. The second kappa shape index (κ2) is 10.4. The molecule has 1 amide bonds. The largest absolute Gasteiger partial charge is 0.497 e. The minimum Gasteiger partial charge on any atom is -0.497 e. The summed E-state index contributed by atoms with van der Waals surface area (Å²) in [6.07, 6.45) is 0. The summed E-state index contributed by atoms with van der Waals surface area (Å²) < 4.78 is 43.1. The van der Waals surface area contributed by atoms with Crippen LogP contribution in [0.5, 0.6) is 11.5 Å². The van der Waals surface area contributed by atoms with Crippen LogP contribution < -0.4 is 14.8 Å². The molecule has 1 heterocycles. The molecule has 11 heteroatoms. The number of amides is 1. The number of carbonyl (C=O) groups is 1. The molecule has 3 aromatic rings. The van der Waals surface area contributed by atoms with Crippen molar-refractivity contribution in [2.24, 2.45) is 0 Å². The van der Waals surface area contributed by atoms with Crippen LogP contribution in [0.25, 0.3) is 11.1 Å². The van der Waals surface area contributed by atoms with Crippen molar-refractivity contribution in [3.8, 4) is 11.5 Å². The van der Waals surface area contributed by atoms with Gasteiger partial charge in [0, 0.05) is 19.2 Å². The van der Waals surface area contributed by atoms with Gasteiger partial charge in [0.25, 0.3) is 5.22 Å². The van der Waals surface area contributed by atoms with Crippen molar-refractivity contribution in [3.63, 3.8) is 0 Å². The standard InChI is InChI=1S/C22H27N3O6S2/c1-6-25(7-2)33(27,28)16-9-11-20-18(13-16)24-22(31-20)32-14(3)21(26)23-17-12-15(29-4)8-10-19(17)30-5/h8-14H,6-7H2,1-5H3,(H,23,26). The molecular formula is C22H27N3O6S2. The van der Waals surface area contributed by atoms with Gasteiger partial charge in [0.15, 0.2) is 5.58 Å². The second-order valence-corrected chi connectivity index (χ2v) is 10.2. The van der Waals surface area contributed by atoms with Gasteiger partial charge >= 0.3 is 0 Å². The predicted molar refractivity (Wildman–Crippen MR) is 128 cm³/mol. The van der Waals surface area contributed by atoms with E-state index >= 15 is 0 Å². The van der Waals surface area contributed by atoms with Gasteiger partial charge in [0.2, 0.25) is 15.9 Å². The van der Waals surface area contributed by atoms with E-state index in [1.165, 1.54) is 30.7 Å². The molecule has 0 bridgehead atoms. The van der Waals surface area contributed by atoms with E-state index in [2.05, 4.69) is 10.3 Å². The zero-order chi connectivity index (χ0) is 24.2. The van der Waals surface area contributed by atoms with Crippen LogP contribution in [0.4, 0.5) is 5.69 Å². The molecule has 3 rings (SSSR count). The van der Waals surface area contributed by atoms with Crippen molar-refractivity contribution in [1.29, 1.82) is 0 Å². The first-order valence-corrected chi connectivity index (χ1v) is 12.7. The van der Waals surface area contributed by atoms with Gasteiger partial charge in [-0.05, 0) is 37.3 Å². The van der Waals surface area contributed by atoms with Gasteiger partial charge in [-0.15, -0.1) is 0 Å². The third-order valence-corrected chi connectivity index (χ3v) is 7.98. The fourth-order valence-corrected chi connectivity index (χ4v) is 5.40. The molecule has 1 atom stereocenters. The molecule has 0 spiro atoms. The Morgan fingerprint density at radius 1 is 1.15 bits per heavy atom. The Morgan fingerprint density at radius 2 is 1.88 bits per heavy atom. The number of hydrogen-bond acceptors (Lipinski definition) is 8. The van der Waals surface area contributed by atoms with E-state index in [-0.39, 0.29) is 16.0 Å². The molecule has 0 saturated heterocycles. The summed E-state index contributed by atoms with van der Waals surface area (Å²) in [4.78, 5) is 17.3. The number of benzene rings is 2. The predicted octanol–water partition coefficient (Wildman–Crippen LogP) is 3.99. The topological polar surface area (TPSA) is 111 Å². The lowest BCUT2D eigenvalue weighted by Crippen LogP contribution is -2.30. The minimum absolute atomic E-state index is 0.152. The maximum atomic E-state index is 12.8. The van der Waals surface area contributed by atoms with E-state index in [0.29, 0.717) is 41.4 Å². The number of nitrogens with zero attached hydrogens (tertiary/aromatic N) is 2. The fraction of sp³-hybridized carbons (Fsp3) is 0.364. The molecule has 9 nitrogen and oxygen atoms in total. The van der Waals surface area contributed by atoms with Gasteiger partial charge in [0.1, 0.15) is 17.0 Å². The highest BCUT2D eigenvalue weighted by atomic mass is 32.2. The van der Waals surface area contributed by atoms with Gasteiger partial charge in [-0.3, -0.25) is 4.79 Å². The van der Waals surface area contributed by atoms with Crippen LogP contribution in [-0.4, -0.2) is 56.2 Å². The Bertz CT molecular complexity index is 1240. The van der Waals surface area contributed by atoms with E-state index in [9.17, 15) is 13.2 Å². The van der Waals surface area contributed by atoms with E-state index in [0.717, 1.165) is 11.8 Å². The third kappa shape index (κ3) is 5.43. The number of nitrogens with one attached hydrogen (secondary N) is 1. The van der Waals surface area contributed by atoms with Crippen molar-refractivity contribution in [3.05, 3.63) is 36.4 Å². The van der Waals surface area contributed by atoms with Crippen molar-refractivity contribution >= 4 is 44.5 Å². The summed E-state index contributed by atoms with van der Waals surface area (Å²) in [7, 11) is -0.552. The van der Waals surface area contributed by atoms with Gasteiger partial charge in [0.05, 0.1) is 30.1 Å². The van der Waals surface area contributed by atoms with E-state index in [1.54, 1.807) is 45.0 Å². The number of anilines is 1. The average molecular weight is 494 g/mol. The van der Waals surface area contributed by atoms with Crippen molar-refractivity contribution < 1.29 is 27.1 Å². The Kier molecular flexibility index (Phi) is 7.88. The highest BCUT2D eigenvalue weighted by Crippen LogP contribution is 2.32. The van der Waals surface area contributed by atoms with Crippen LogP contribution in [-0.2, 0) is 14.8 Å². The normalized spacial score (nSPS) is 12.7. The van der Waals surface area contributed by atoms with Gasteiger partial charge < -0.3 is 19.2 Å². The van der Waals surface area contributed by atoms with Crippen molar-refractivity contribution in [2.45, 2.75) is 36.1 Å². The van der Waals surface area contributed by atoms with Gasteiger partial charge in [-0.25, -0.2) is 13.4 Å². The molecule has 2 aromatic carbocycles. The zero-order valence-corrected chi connectivity index (χ0v) is 20.7. The van der Waals surface area contributed by atoms with Gasteiger partial charge in [-0.2, -0.15) is 4.31 Å². The number of sulfonamides is 1. The Balaban J connectivity index is 1.77. The summed E-state index contributed by atoms with van der Waals surface area (Å²) in [5.41, 5.74) is 1.34. The van der Waals surface area contributed by atoms with Crippen LogP contribution in [0.3, 0.4) is 0 Å². The first-order valence-electron chi connectivity index (χ1n) is 10.3. The van der Waals surface area contributed by atoms with Crippen LogP contribution in [0.1, 0.15) is 20.8 Å². The third-order valence-electron chi connectivity index (χ3n) is 4.99. The Morgan fingerprint density at radius 3 is 2.52 bits per heavy atom. The number of rotatable bonds is 10. The van der Waals surface area contributed by atoms with Crippen LogP contribution in [0.2, 0.25) is 0 Å². The molecule has 0 fully saturated rings. The Labute approximate surface area is 197 Å². The van der Waals surface area contributed by atoms with E-state index < -0.39 is 15.3 Å². The molecule has 0 radical (unpaired) electrons. The minimum atomic E-state index is -3.61. The quantitative estimate of drug-likeness (QED) is 0.422. The monoisotopic (exact) mass is 493 g/mol. The molecular weight excluding hydrogens is 466 g/mol. The molecule has 0 aliphatic carbocycles. The lowest BCUT2D eigenvalue weighted by Gasteiger charge is -2.18. The Hall–Kier alpha value is -2.76. The molecule has 0 saturated carbocycles. The summed E-state index contributed by atoms with van der Waals surface area (Å²) in [5.74, 6) is 0.810. The first-order chi connectivity index (χ1) is 15.7. The summed E-state index contributed by atoms with van der Waals surface area (Å²) >= 11 is 1.13. The highest BCUT2D eigenvalue weighted by Gasteiger charge is 2.24. The maximum Gasteiger partial charge on any atom is 0.257 e. The number of ether oxygens (including phenoxy) is 2. The van der Waals surface area contributed by atoms with Crippen molar-refractivity contribution in [1.82, 2.24) is 9.29 Å². The lowest BCUT2D eigenvalue weighted by molar-refractivity contribution is -0.115. The molecule has 1 aromatic heterocycles. The van der Waals surface area contributed by atoms with Crippen LogP contribution >= 0.6 is 11.8 Å². The second-order valence-electron chi connectivity index (χ2n) is 7.01. The molecule has 0 aliphatic heterocycles. The number of carbonyl (C=O) groups excluding carboxylic acids is 1. The number of aromatic nitrogens is 1. The summed E-state index contributed by atoms with van der Waals surface area (Å²) in [5, 5.41) is 2.54. The number of thioether (sulfide) groups is 1. The van der Waals surface area contributed by atoms with Crippen LogP contribution in [0.15, 0.2) is 50.9 Å². The molecule has 33 heavy (non-hydrogen) atoms. The molecule has 0 aliphatic rings. The maximum absolute atomic E-state index is 12.8. The van der Waals surface area contributed by atoms with Crippen LogP contribution in [0, 0.1) is 0 Å². The SMILES string of the molecule is CCN(CC)S(=O)(=O)c1ccc2oc(SC(C)C(=O)Nc3cc(OC)ccc3OC)nc2c1. The average Bonchev–Trinajstić information content (AvgIpc) is 3.21. The van der Waals surface area contributed by atoms with Gasteiger partial charge in [-0.1, -0.05) is 25.6 Å². The smallest absolute Gasteiger partial charge is 0.257 e. The number of fused-ring (bicyclic) bond motifs is 1. The van der Waals surface area contributed by atoms with E-state index in [1.807, 2.05) is 0 Å². The summed E-state index contributed by atoms with van der Waals surface area (Å²) in [6, 6.07) is 9.68. The molecule has 178 valence electrons. The number of hydrogen-bond donors (Lipinski definition) is 1. The lowest BCUT2D eigenvalue weighted by atomic mass is 10.2. The first kappa shape index (κ1) is 24.9. The molecule has 1 N–H and O–H groups in total. The fourth-order valence-electron chi connectivity index (χ4n) is 3.16. The van der Waals surface area contributed by atoms with E-state index in [4.69, 9.17) is 13.9 Å². The zero-order valence-electron chi connectivity index (χ0n) is 19.1.